The normalized spacial score (nSPS) is 15.2. The van der Waals surface area contributed by atoms with Crippen molar-refractivity contribution in [3.05, 3.63) is 46.9 Å². The zero-order chi connectivity index (χ0) is 19.1. The number of rotatable bonds is 1. The molecule has 4 rings (SSSR count). The SMILES string of the molecule is N#CNC1=NC(c2cc(F)c3[nH]ccc3c2)c2c(nc(N)c(C#N)c2N)N1. The number of nitrogens with one attached hydrogen (secondary N) is 3. The molecule has 0 amide bonds. The lowest BCUT2D eigenvalue weighted by Gasteiger charge is -2.26. The molecule has 3 heterocycles. The summed E-state index contributed by atoms with van der Waals surface area (Å²) in [6.45, 7) is 0. The van der Waals surface area contributed by atoms with Crippen molar-refractivity contribution < 1.29 is 4.39 Å². The van der Waals surface area contributed by atoms with E-state index in [9.17, 15) is 9.65 Å². The smallest absolute Gasteiger partial charge is 0.211 e. The van der Waals surface area contributed by atoms with Crippen molar-refractivity contribution in [3.63, 3.8) is 0 Å². The van der Waals surface area contributed by atoms with Crippen LogP contribution >= 0.6 is 0 Å². The van der Waals surface area contributed by atoms with E-state index in [1.165, 1.54) is 6.07 Å². The fraction of sp³-hybridized carbons (Fsp3) is 0.0588. The molecule has 10 heteroatoms. The van der Waals surface area contributed by atoms with Gasteiger partial charge in [-0.1, -0.05) is 0 Å². The van der Waals surface area contributed by atoms with Crippen molar-refractivity contribution in [1.29, 1.82) is 10.5 Å². The molecular formula is C17H12FN9. The average molecular weight is 361 g/mol. The summed E-state index contributed by atoms with van der Waals surface area (Å²) >= 11 is 0. The van der Waals surface area contributed by atoms with Crippen LogP contribution in [0.1, 0.15) is 22.7 Å². The largest absolute Gasteiger partial charge is 0.397 e. The minimum absolute atomic E-state index is 0.0237. The highest BCUT2D eigenvalue weighted by Crippen LogP contribution is 2.41. The number of guanidine groups is 1. The average Bonchev–Trinajstić information content (AvgIpc) is 3.10. The van der Waals surface area contributed by atoms with Crippen LogP contribution in [0.3, 0.4) is 0 Å². The Labute approximate surface area is 152 Å². The minimum atomic E-state index is -0.786. The van der Waals surface area contributed by atoms with Gasteiger partial charge in [0.15, 0.2) is 6.19 Å². The van der Waals surface area contributed by atoms with Crippen molar-refractivity contribution >= 4 is 34.2 Å². The van der Waals surface area contributed by atoms with Gasteiger partial charge < -0.3 is 21.8 Å². The topological polar surface area (TPSA) is 165 Å². The van der Waals surface area contributed by atoms with E-state index in [0.717, 1.165) is 0 Å². The number of aliphatic imine (C=N–C) groups is 1. The summed E-state index contributed by atoms with van der Waals surface area (Å²) in [6.07, 6.45) is 3.39. The number of pyridine rings is 1. The second-order valence-corrected chi connectivity index (χ2v) is 5.85. The van der Waals surface area contributed by atoms with E-state index in [2.05, 4.69) is 25.6 Å². The van der Waals surface area contributed by atoms with Crippen LogP contribution in [0.25, 0.3) is 10.9 Å². The number of hydrogen-bond donors (Lipinski definition) is 5. The standard InChI is InChI=1S/C17H12FN9/c18-10-4-8(3-7-1-2-23-13(7)10)14-11-12(21)9(5-19)15(22)26-16(11)27-17(25-14)24-6-20/h1-4,14,23H,(H6,21,22,24,25,26,27). The number of fused-ring (bicyclic) bond motifs is 2. The molecule has 0 fully saturated rings. The fourth-order valence-corrected chi connectivity index (χ4v) is 3.13. The maximum Gasteiger partial charge on any atom is 0.211 e. The number of aromatic amines is 1. The van der Waals surface area contributed by atoms with E-state index in [1.807, 2.05) is 6.07 Å². The van der Waals surface area contributed by atoms with Crippen LogP contribution < -0.4 is 22.1 Å². The second kappa shape index (κ2) is 5.89. The molecule has 0 spiro atoms. The molecule has 1 aliphatic rings. The molecule has 1 aliphatic heterocycles. The second-order valence-electron chi connectivity index (χ2n) is 5.85. The van der Waals surface area contributed by atoms with Gasteiger partial charge in [-0.05, 0) is 23.8 Å². The Balaban J connectivity index is 1.98. The molecule has 2 aromatic heterocycles. The van der Waals surface area contributed by atoms with Gasteiger partial charge in [0.2, 0.25) is 5.96 Å². The molecule has 9 nitrogen and oxygen atoms in total. The molecule has 0 saturated heterocycles. The molecule has 0 radical (unpaired) electrons. The summed E-state index contributed by atoms with van der Waals surface area (Å²) in [5, 5.41) is 24.1. The highest BCUT2D eigenvalue weighted by molar-refractivity contribution is 5.98. The fourth-order valence-electron chi connectivity index (χ4n) is 3.13. The van der Waals surface area contributed by atoms with Gasteiger partial charge in [-0.25, -0.2) is 14.4 Å². The highest BCUT2D eigenvalue weighted by atomic mass is 19.1. The number of H-pyrrole nitrogens is 1. The quantitative estimate of drug-likeness (QED) is 0.325. The molecule has 1 aromatic carbocycles. The maximum atomic E-state index is 14.5. The third kappa shape index (κ3) is 2.44. The highest BCUT2D eigenvalue weighted by Gasteiger charge is 2.30. The van der Waals surface area contributed by atoms with Gasteiger partial charge in [0.25, 0.3) is 0 Å². The molecule has 1 atom stereocenters. The first kappa shape index (κ1) is 16.2. The van der Waals surface area contributed by atoms with Crippen LogP contribution in [-0.2, 0) is 0 Å². The van der Waals surface area contributed by atoms with Crippen LogP contribution in [0.5, 0.6) is 0 Å². The number of nitrogen functional groups attached to an aromatic ring is 2. The van der Waals surface area contributed by atoms with E-state index in [-0.39, 0.29) is 28.8 Å². The third-order valence-corrected chi connectivity index (χ3v) is 4.31. The molecule has 7 N–H and O–H groups in total. The van der Waals surface area contributed by atoms with Crippen molar-refractivity contribution in [1.82, 2.24) is 15.3 Å². The number of halogens is 1. The summed E-state index contributed by atoms with van der Waals surface area (Å²) in [7, 11) is 0. The lowest BCUT2D eigenvalue weighted by molar-refractivity contribution is 0.633. The van der Waals surface area contributed by atoms with Gasteiger partial charge in [0, 0.05) is 17.1 Å². The summed E-state index contributed by atoms with van der Waals surface area (Å²) in [5.74, 6) is -0.151. The number of nitrogens with zero attached hydrogens (tertiary/aromatic N) is 4. The van der Waals surface area contributed by atoms with Gasteiger partial charge in [0.1, 0.15) is 35.1 Å². The molecule has 1 unspecified atom stereocenters. The first-order valence-corrected chi connectivity index (χ1v) is 7.79. The van der Waals surface area contributed by atoms with Crippen LogP contribution in [0.4, 0.5) is 21.7 Å². The molecule has 0 saturated carbocycles. The first-order chi connectivity index (χ1) is 13.0. The predicted octanol–water partition coefficient (Wildman–Crippen LogP) is 1.68. The number of benzene rings is 1. The summed E-state index contributed by atoms with van der Waals surface area (Å²) < 4.78 is 14.5. The van der Waals surface area contributed by atoms with E-state index in [0.29, 0.717) is 22.0 Å². The molecule has 3 aromatic rings. The number of nitrogens with two attached hydrogens (primary N) is 2. The Hall–Kier alpha value is -4.31. The lowest BCUT2D eigenvalue weighted by Crippen LogP contribution is -2.32. The van der Waals surface area contributed by atoms with Gasteiger partial charge in [-0.2, -0.15) is 10.5 Å². The molecule has 0 aliphatic carbocycles. The number of aromatic nitrogens is 2. The number of anilines is 3. The molecular weight excluding hydrogens is 349 g/mol. The lowest BCUT2D eigenvalue weighted by atomic mass is 9.94. The number of nitriles is 2. The van der Waals surface area contributed by atoms with Gasteiger partial charge in [-0.15, -0.1) is 0 Å². The Morgan fingerprint density at radius 3 is 2.81 bits per heavy atom. The zero-order valence-electron chi connectivity index (χ0n) is 13.7. The monoisotopic (exact) mass is 361 g/mol. The van der Waals surface area contributed by atoms with Crippen LogP contribution in [0, 0.1) is 28.6 Å². The Morgan fingerprint density at radius 1 is 1.26 bits per heavy atom. The van der Waals surface area contributed by atoms with Crippen molar-refractivity contribution in [2.45, 2.75) is 6.04 Å². The first-order valence-electron chi connectivity index (χ1n) is 7.79. The Morgan fingerprint density at radius 2 is 2.07 bits per heavy atom. The molecule has 132 valence electrons. The predicted molar refractivity (Wildman–Crippen MR) is 97.7 cm³/mol. The maximum absolute atomic E-state index is 14.5. The zero-order valence-corrected chi connectivity index (χ0v) is 13.7. The Kier molecular flexibility index (Phi) is 3.53. The van der Waals surface area contributed by atoms with Gasteiger partial charge in [0.05, 0.1) is 11.2 Å². The van der Waals surface area contributed by atoms with Gasteiger partial charge in [-0.3, -0.25) is 5.32 Å². The summed E-state index contributed by atoms with van der Waals surface area (Å²) in [4.78, 5) is 11.4. The van der Waals surface area contributed by atoms with Crippen LogP contribution in [0.2, 0.25) is 0 Å². The summed E-state index contributed by atoms with van der Waals surface area (Å²) in [5.41, 5.74) is 13.3. The van der Waals surface area contributed by atoms with Crippen LogP contribution in [-0.4, -0.2) is 15.9 Å². The van der Waals surface area contributed by atoms with Gasteiger partial charge >= 0.3 is 0 Å². The third-order valence-electron chi connectivity index (χ3n) is 4.31. The van der Waals surface area contributed by atoms with E-state index in [4.69, 9.17) is 16.7 Å². The van der Waals surface area contributed by atoms with E-state index in [1.54, 1.807) is 24.5 Å². The van der Waals surface area contributed by atoms with Crippen LogP contribution in [0.15, 0.2) is 29.4 Å². The summed E-state index contributed by atoms with van der Waals surface area (Å²) in [6, 6.07) is 5.95. The molecule has 0 bridgehead atoms. The van der Waals surface area contributed by atoms with Crippen molar-refractivity contribution in [2.75, 3.05) is 16.8 Å². The van der Waals surface area contributed by atoms with Crippen molar-refractivity contribution in [3.8, 4) is 12.3 Å². The number of hydrogen-bond acceptors (Lipinski definition) is 8. The van der Waals surface area contributed by atoms with E-state index < -0.39 is 11.9 Å². The molecule has 27 heavy (non-hydrogen) atoms. The van der Waals surface area contributed by atoms with E-state index >= 15 is 0 Å². The Bertz CT molecular complexity index is 1200. The van der Waals surface area contributed by atoms with Crippen molar-refractivity contribution in [2.24, 2.45) is 4.99 Å². The minimum Gasteiger partial charge on any atom is -0.397 e.